The third-order valence-electron chi connectivity index (χ3n) is 4.12. The van der Waals surface area contributed by atoms with E-state index in [9.17, 15) is 4.79 Å². The van der Waals surface area contributed by atoms with Crippen LogP contribution in [0.4, 0.5) is 0 Å². The van der Waals surface area contributed by atoms with Gasteiger partial charge in [0.15, 0.2) is 0 Å². The van der Waals surface area contributed by atoms with Crippen LogP contribution in [0.3, 0.4) is 0 Å². The molecule has 0 aromatic heterocycles. The number of carbonyl (C=O) groups excluding carboxylic acids is 1. The number of halogens is 1. The molecule has 2 N–H and O–H groups in total. The second-order valence-corrected chi connectivity index (χ2v) is 6.55. The Morgan fingerprint density at radius 3 is 2.95 bits per heavy atom. The van der Waals surface area contributed by atoms with Crippen LogP contribution in [0, 0.1) is 5.92 Å². The number of hydrogen-bond donors (Lipinski definition) is 1. The third-order valence-corrected chi connectivity index (χ3v) is 4.89. The second kappa shape index (κ2) is 7.23. The third kappa shape index (κ3) is 4.06. The van der Waals surface area contributed by atoms with E-state index < -0.39 is 0 Å². The summed E-state index contributed by atoms with van der Waals surface area (Å²) in [6.07, 6.45) is 3.59. The molecule has 4 heteroatoms. The normalized spacial score (nSPS) is 20.8. The minimum atomic E-state index is 0.175. The fraction of sp³-hybridized carbons (Fsp3) is 0.562. The minimum Gasteiger partial charge on any atom is -0.342 e. The zero-order chi connectivity index (χ0) is 14.5. The lowest BCUT2D eigenvalue weighted by Crippen LogP contribution is -2.45. The molecule has 1 aromatic rings. The van der Waals surface area contributed by atoms with Gasteiger partial charge in [0, 0.05) is 30.0 Å². The molecule has 20 heavy (non-hydrogen) atoms. The predicted octanol–water partition coefficient (Wildman–Crippen LogP) is 2.97. The van der Waals surface area contributed by atoms with Crippen molar-refractivity contribution in [1.29, 1.82) is 0 Å². The second-order valence-electron chi connectivity index (χ2n) is 5.69. The molecule has 0 aliphatic carbocycles. The van der Waals surface area contributed by atoms with Crippen molar-refractivity contribution in [2.45, 2.75) is 38.6 Å². The van der Waals surface area contributed by atoms with Crippen molar-refractivity contribution >= 4 is 21.8 Å². The highest BCUT2D eigenvalue weighted by Crippen LogP contribution is 2.21. The van der Waals surface area contributed by atoms with Crippen LogP contribution >= 0.6 is 15.9 Å². The summed E-state index contributed by atoms with van der Waals surface area (Å²) in [5.41, 5.74) is 7.17. The number of nitrogens with zero attached hydrogens (tertiary/aromatic N) is 1. The molecule has 1 aromatic carbocycles. The molecule has 1 aliphatic heterocycles. The molecule has 0 saturated carbocycles. The molecule has 0 spiro atoms. The lowest BCUT2D eigenvalue weighted by atomic mass is 9.92. The van der Waals surface area contributed by atoms with Gasteiger partial charge in [-0.15, -0.1) is 0 Å². The maximum atomic E-state index is 12.3. The summed E-state index contributed by atoms with van der Waals surface area (Å²) >= 11 is 3.53. The van der Waals surface area contributed by atoms with Gasteiger partial charge in [-0.05, 0) is 43.7 Å². The summed E-state index contributed by atoms with van der Waals surface area (Å²) in [6, 6.07) is 8.27. The van der Waals surface area contributed by atoms with Gasteiger partial charge in [0.05, 0.1) is 0 Å². The van der Waals surface area contributed by atoms with Crippen LogP contribution in [-0.2, 0) is 11.2 Å². The first-order chi connectivity index (χ1) is 9.58. The molecule has 1 saturated heterocycles. The van der Waals surface area contributed by atoms with Crippen LogP contribution in [0.2, 0.25) is 0 Å². The fourth-order valence-electron chi connectivity index (χ4n) is 2.77. The maximum absolute atomic E-state index is 12.3. The summed E-state index contributed by atoms with van der Waals surface area (Å²) in [5.74, 6) is 0.710. The van der Waals surface area contributed by atoms with Crippen LogP contribution < -0.4 is 5.73 Å². The van der Waals surface area contributed by atoms with Crippen molar-refractivity contribution in [1.82, 2.24) is 4.90 Å². The van der Waals surface area contributed by atoms with E-state index in [0.29, 0.717) is 12.3 Å². The smallest absolute Gasteiger partial charge is 0.222 e. The van der Waals surface area contributed by atoms with Gasteiger partial charge >= 0.3 is 0 Å². The van der Waals surface area contributed by atoms with Crippen LogP contribution in [-0.4, -0.2) is 29.9 Å². The number of benzene rings is 1. The van der Waals surface area contributed by atoms with Crippen LogP contribution in [0.5, 0.6) is 0 Å². The Hall–Kier alpha value is -0.870. The zero-order valence-corrected chi connectivity index (χ0v) is 13.6. The standard InChI is InChI=1S/C16H23BrN2O/c1-12(18)14-6-4-10-19(11-14)16(20)9-8-13-5-2-3-7-15(13)17/h2-3,5,7,12,14H,4,6,8-11,18H2,1H3/t12-,14+/m0/s1. The van der Waals surface area contributed by atoms with Crippen LogP contribution in [0.1, 0.15) is 31.7 Å². The van der Waals surface area contributed by atoms with Gasteiger partial charge in [0.25, 0.3) is 0 Å². The van der Waals surface area contributed by atoms with E-state index in [2.05, 4.69) is 22.0 Å². The summed E-state index contributed by atoms with van der Waals surface area (Å²) in [4.78, 5) is 14.3. The van der Waals surface area contributed by atoms with E-state index in [-0.39, 0.29) is 11.9 Å². The fourth-order valence-corrected chi connectivity index (χ4v) is 3.25. The van der Waals surface area contributed by atoms with Gasteiger partial charge in [0.1, 0.15) is 0 Å². The Kier molecular flexibility index (Phi) is 5.61. The summed E-state index contributed by atoms with van der Waals surface area (Å²) in [5, 5.41) is 0. The number of amides is 1. The Morgan fingerprint density at radius 2 is 2.25 bits per heavy atom. The number of likely N-dealkylation sites (tertiary alicyclic amines) is 1. The Bertz CT molecular complexity index is 462. The predicted molar refractivity (Wildman–Crippen MR) is 85.4 cm³/mol. The van der Waals surface area contributed by atoms with Gasteiger partial charge in [-0.25, -0.2) is 0 Å². The Morgan fingerprint density at radius 1 is 1.50 bits per heavy atom. The van der Waals surface area contributed by atoms with E-state index in [1.54, 1.807) is 0 Å². The summed E-state index contributed by atoms with van der Waals surface area (Å²) < 4.78 is 1.08. The topological polar surface area (TPSA) is 46.3 Å². The summed E-state index contributed by atoms with van der Waals surface area (Å²) in [7, 11) is 0. The first-order valence-electron chi connectivity index (χ1n) is 7.34. The van der Waals surface area contributed by atoms with E-state index in [4.69, 9.17) is 5.73 Å². The molecule has 1 aliphatic rings. The van der Waals surface area contributed by atoms with Gasteiger partial charge in [-0.3, -0.25) is 4.79 Å². The lowest BCUT2D eigenvalue weighted by Gasteiger charge is -2.34. The maximum Gasteiger partial charge on any atom is 0.222 e. The molecular weight excluding hydrogens is 316 g/mol. The molecule has 0 radical (unpaired) electrons. The quantitative estimate of drug-likeness (QED) is 0.917. The minimum absolute atomic E-state index is 0.175. The molecule has 3 nitrogen and oxygen atoms in total. The summed E-state index contributed by atoms with van der Waals surface area (Å²) in [6.45, 7) is 3.75. The zero-order valence-electron chi connectivity index (χ0n) is 12.0. The van der Waals surface area contributed by atoms with E-state index in [1.165, 1.54) is 5.56 Å². The van der Waals surface area contributed by atoms with E-state index >= 15 is 0 Å². The molecule has 0 unspecified atom stereocenters. The van der Waals surface area contributed by atoms with Crippen molar-refractivity contribution in [3.05, 3.63) is 34.3 Å². The highest BCUT2D eigenvalue weighted by Gasteiger charge is 2.25. The SMILES string of the molecule is C[C@H](N)[C@@H]1CCCN(C(=O)CCc2ccccc2Br)C1. The van der Waals surface area contributed by atoms with Crippen LogP contribution in [0.15, 0.2) is 28.7 Å². The Labute approximate surface area is 129 Å². The molecular formula is C16H23BrN2O. The van der Waals surface area contributed by atoms with Crippen molar-refractivity contribution in [2.24, 2.45) is 11.7 Å². The first-order valence-corrected chi connectivity index (χ1v) is 8.14. The van der Waals surface area contributed by atoms with Gasteiger partial charge in [-0.2, -0.15) is 0 Å². The lowest BCUT2D eigenvalue weighted by molar-refractivity contribution is -0.133. The van der Waals surface area contributed by atoms with Crippen LogP contribution in [0.25, 0.3) is 0 Å². The van der Waals surface area contributed by atoms with Gasteiger partial charge in [-0.1, -0.05) is 34.1 Å². The number of piperidine rings is 1. The molecule has 2 rings (SSSR count). The number of nitrogens with two attached hydrogens (primary N) is 1. The van der Waals surface area contributed by atoms with Crippen molar-refractivity contribution in [3.8, 4) is 0 Å². The van der Waals surface area contributed by atoms with E-state index in [0.717, 1.165) is 36.8 Å². The molecule has 1 heterocycles. The van der Waals surface area contributed by atoms with Gasteiger partial charge in [0.2, 0.25) is 5.91 Å². The molecule has 1 fully saturated rings. The number of aryl methyl sites for hydroxylation is 1. The van der Waals surface area contributed by atoms with Crippen molar-refractivity contribution in [2.75, 3.05) is 13.1 Å². The Balaban J connectivity index is 1.87. The average molecular weight is 339 g/mol. The monoisotopic (exact) mass is 338 g/mol. The number of carbonyl (C=O) groups is 1. The average Bonchev–Trinajstić information content (AvgIpc) is 2.46. The highest BCUT2D eigenvalue weighted by molar-refractivity contribution is 9.10. The van der Waals surface area contributed by atoms with Crippen molar-refractivity contribution < 1.29 is 4.79 Å². The number of hydrogen-bond acceptors (Lipinski definition) is 2. The number of rotatable bonds is 4. The van der Waals surface area contributed by atoms with Gasteiger partial charge < -0.3 is 10.6 Å². The molecule has 1 amide bonds. The highest BCUT2D eigenvalue weighted by atomic mass is 79.9. The van der Waals surface area contributed by atoms with Crippen molar-refractivity contribution in [3.63, 3.8) is 0 Å². The molecule has 2 atom stereocenters. The molecule has 110 valence electrons. The largest absolute Gasteiger partial charge is 0.342 e. The first kappa shape index (κ1) is 15.5. The van der Waals surface area contributed by atoms with E-state index in [1.807, 2.05) is 30.0 Å². The molecule has 0 bridgehead atoms.